The summed E-state index contributed by atoms with van der Waals surface area (Å²) >= 11 is 0. The molecular weight excluding hydrogens is 257 g/mol. The van der Waals surface area contributed by atoms with Crippen molar-refractivity contribution in [1.82, 2.24) is 0 Å². The average molecular weight is 274 g/mol. The minimum Gasteiger partial charge on any atom is -0.494 e. The first-order valence-electron chi connectivity index (χ1n) is 5.90. The van der Waals surface area contributed by atoms with E-state index in [0.29, 0.717) is 12.5 Å². The Morgan fingerprint density at radius 3 is 2.47 bits per heavy atom. The molecule has 0 unspecified atom stereocenters. The third-order valence-electron chi connectivity index (χ3n) is 2.55. The maximum Gasteiger partial charge on any atom is 0.417 e. The number of alkyl halides is 3. The molecule has 0 saturated carbocycles. The molecule has 0 bridgehead atoms. The van der Waals surface area contributed by atoms with Crippen LogP contribution in [0.3, 0.4) is 0 Å². The van der Waals surface area contributed by atoms with Gasteiger partial charge in [0, 0.05) is 5.56 Å². The zero-order valence-corrected chi connectivity index (χ0v) is 10.8. The van der Waals surface area contributed by atoms with E-state index in [-0.39, 0.29) is 11.3 Å². The lowest BCUT2D eigenvalue weighted by atomic mass is 10.1. The minimum atomic E-state index is -4.56. The van der Waals surface area contributed by atoms with Crippen molar-refractivity contribution in [1.29, 1.82) is 5.41 Å². The molecule has 3 N–H and O–H groups in total. The van der Waals surface area contributed by atoms with Gasteiger partial charge in [-0.15, -0.1) is 0 Å². The lowest BCUT2D eigenvalue weighted by Gasteiger charge is -2.14. The molecule has 0 amide bonds. The number of ether oxygens (including phenoxy) is 1. The van der Waals surface area contributed by atoms with Crippen molar-refractivity contribution >= 4 is 5.84 Å². The molecule has 0 aliphatic carbocycles. The highest BCUT2D eigenvalue weighted by molar-refractivity contribution is 5.96. The third-order valence-corrected chi connectivity index (χ3v) is 2.55. The molecule has 0 fully saturated rings. The summed E-state index contributed by atoms with van der Waals surface area (Å²) in [5.41, 5.74) is 3.87. The Morgan fingerprint density at radius 2 is 2.00 bits per heavy atom. The molecule has 0 aromatic heterocycles. The second kappa shape index (κ2) is 5.95. The van der Waals surface area contributed by atoms with Gasteiger partial charge in [0.05, 0.1) is 12.2 Å². The second-order valence-electron chi connectivity index (χ2n) is 4.65. The molecule has 0 atom stereocenters. The Bertz CT molecular complexity index is 456. The Labute approximate surface area is 110 Å². The molecule has 1 aromatic carbocycles. The Kier molecular flexibility index (Phi) is 4.80. The average Bonchev–Trinajstić information content (AvgIpc) is 2.27. The van der Waals surface area contributed by atoms with Crippen LogP contribution in [0, 0.1) is 11.3 Å². The van der Waals surface area contributed by atoms with E-state index in [4.69, 9.17) is 15.9 Å². The predicted molar refractivity (Wildman–Crippen MR) is 67.4 cm³/mol. The number of hydrogen-bond acceptors (Lipinski definition) is 2. The fourth-order valence-electron chi connectivity index (χ4n) is 1.50. The van der Waals surface area contributed by atoms with Crippen molar-refractivity contribution in [3.63, 3.8) is 0 Å². The molecule has 0 aliphatic heterocycles. The Hall–Kier alpha value is -1.72. The van der Waals surface area contributed by atoms with Gasteiger partial charge in [-0.2, -0.15) is 13.2 Å². The molecule has 1 rings (SSSR count). The summed E-state index contributed by atoms with van der Waals surface area (Å²) < 4.78 is 43.8. The van der Waals surface area contributed by atoms with Crippen LogP contribution in [0.4, 0.5) is 13.2 Å². The van der Waals surface area contributed by atoms with Gasteiger partial charge in [0.15, 0.2) is 0 Å². The standard InChI is InChI=1S/C13H17F3N2O/c1-8(2)5-6-19-9-3-4-10(12(17)18)11(7-9)13(14,15)16/h3-4,7-8H,5-6H2,1-2H3,(H3,17,18). The molecular formula is C13H17F3N2O. The summed E-state index contributed by atoms with van der Waals surface area (Å²) in [5, 5.41) is 7.16. The van der Waals surface area contributed by atoms with Crippen LogP contribution in [0.5, 0.6) is 5.75 Å². The summed E-state index contributed by atoms with van der Waals surface area (Å²) in [6.07, 6.45) is -3.80. The lowest BCUT2D eigenvalue weighted by molar-refractivity contribution is -0.137. The monoisotopic (exact) mass is 274 g/mol. The molecule has 0 aliphatic rings. The molecule has 106 valence electrons. The Balaban J connectivity index is 2.96. The number of amidine groups is 1. The van der Waals surface area contributed by atoms with E-state index in [1.807, 2.05) is 13.8 Å². The van der Waals surface area contributed by atoms with Crippen LogP contribution in [-0.2, 0) is 6.18 Å². The van der Waals surface area contributed by atoms with Gasteiger partial charge in [0.25, 0.3) is 0 Å². The van der Waals surface area contributed by atoms with E-state index < -0.39 is 17.6 Å². The van der Waals surface area contributed by atoms with E-state index in [2.05, 4.69) is 0 Å². The fraction of sp³-hybridized carbons (Fsp3) is 0.462. The molecule has 19 heavy (non-hydrogen) atoms. The second-order valence-corrected chi connectivity index (χ2v) is 4.65. The maximum atomic E-state index is 12.8. The van der Waals surface area contributed by atoms with Gasteiger partial charge >= 0.3 is 6.18 Å². The van der Waals surface area contributed by atoms with Crippen molar-refractivity contribution in [3.05, 3.63) is 29.3 Å². The van der Waals surface area contributed by atoms with Crippen LogP contribution in [0.1, 0.15) is 31.4 Å². The molecule has 0 saturated heterocycles. The van der Waals surface area contributed by atoms with Crippen molar-refractivity contribution in [2.75, 3.05) is 6.61 Å². The highest BCUT2D eigenvalue weighted by atomic mass is 19.4. The molecule has 3 nitrogen and oxygen atoms in total. The molecule has 0 spiro atoms. The predicted octanol–water partition coefficient (Wildman–Crippen LogP) is 3.41. The van der Waals surface area contributed by atoms with E-state index in [9.17, 15) is 13.2 Å². The summed E-state index contributed by atoms with van der Waals surface area (Å²) in [4.78, 5) is 0. The van der Waals surface area contributed by atoms with Crippen LogP contribution < -0.4 is 10.5 Å². The van der Waals surface area contributed by atoms with Gasteiger partial charge in [-0.3, -0.25) is 5.41 Å². The molecule has 6 heteroatoms. The van der Waals surface area contributed by atoms with Crippen LogP contribution in [0.25, 0.3) is 0 Å². The zero-order chi connectivity index (χ0) is 14.6. The fourth-order valence-corrected chi connectivity index (χ4v) is 1.50. The highest BCUT2D eigenvalue weighted by Gasteiger charge is 2.34. The van der Waals surface area contributed by atoms with Crippen LogP contribution in [0.15, 0.2) is 18.2 Å². The van der Waals surface area contributed by atoms with Gasteiger partial charge in [-0.1, -0.05) is 13.8 Å². The number of halogens is 3. The van der Waals surface area contributed by atoms with Crippen LogP contribution in [-0.4, -0.2) is 12.4 Å². The summed E-state index contributed by atoms with van der Waals surface area (Å²) in [7, 11) is 0. The zero-order valence-electron chi connectivity index (χ0n) is 10.8. The SMILES string of the molecule is CC(C)CCOc1ccc(C(=N)N)c(C(F)(F)F)c1. The van der Waals surface area contributed by atoms with Crippen molar-refractivity contribution in [2.24, 2.45) is 11.7 Å². The van der Waals surface area contributed by atoms with E-state index in [1.54, 1.807) is 0 Å². The molecule has 0 heterocycles. The largest absolute Gasteiger partial charge is 0.494 e. The van der Waals surface area contributed by atoms with Gasteiger partial charge in [-0.05, 0) is 30.5 Å². The number of nitrogens with one attached hydrogen (secondary N) is 1. The lowest BCUT2D eigenvalue weighted by Crippen LogP contribution is -2.19. The van der Waals surface area contributed by atoms with E-state index in [0.717, 1.165) is 18.6 Å². The van der Waals surface area contributed by atoms with Gasteiger partial charge < -0.3 is 10.5 Å². The third kappa shape index (κ3) is 4.46. The summed E-state index contributed by atoms with van der Waals surface area (Å²) in [6, 6.07) is 3.44. The summed E-state index contributed by atoms with van der Waals surface area (Å²) in [6.45, 7) is 4.36. The van der Waals surface area contributed by atoms with Gasteiger partial charge in [-0.25, -0.2) is 0 Å². The maximum absolute atomic E-state index is 12.8. The van der Waals surface area contributed by atoms with E-state index in [1.165, 1.54) is 6.07 Å². The number of hydrogen-bond donors (Lipinski definition) is 2. The van der Waals surface area contributed by atoms with Crippen LogP contribution >= 0.6 is 0 Å². The first kappa shape index (κ1) is 15.3. The molecule has 1 aromatic rings. The van der Waals surface area contributed by atoms with Gasteiger partial charge in [0.2, 0.25) is 0 Å². The van der Waals surface area contributed by atoms with E-state index >= 15 is 0 Å². The minimum absolute atomic E-state index is 0.137. The van der Waals surface area contributed by atoms with Gasteiger partial charge in [0.1, 0.15) is 11.6 Å². The van der Waals surface area contributed by atoms with Crippen molar-refractivity contribution in [3.8, 4) is 5.75 Å². The first-order chi connectivity index (χ1) is 8.71. The first-order valence-corrected chi connectivity index (χ1v) is 5.90. The number of benzene rings is 1. The van der Waals surface area contributed by atoms with Crippen molar-refractivity contribution < 1.29 is 17.9 Å². The smallest absolute Gasteiger partial charge is 0.417 e. The molecule has 0 radical (unpaired) electrons. The van der Waals surface area contributed by atoms with Crippen molar-refractivity contribution in [2.45, 2.75) is 26.4 Å². The Morgan fingerprint density at radius 1 is 1.37 bits per heavy atom. The number of rotatable bonds is 5. The number of nitrogens with two attached hydrogens (primary N) is 1. The normalized spacial score (nSPS) is 11.7. The number of nitrogen functional groups attached to an aromatic ring is 1. The highest BCUT2D eigenvalue weighted by Crippen LogP contribution is 2.34. The quantitative estimate of drug-likeness (QED) is 0.638. The topological polar surface area (TPSA) is 59.1 Å². The van der Waals surface area contributed by atoms with Crippen LogP contribution in [0.2, 0.25) is 0 Å². The summed E-state index contributed by atoms with van der Waals surface area (Å²) in [5.74, 6) is -0.0578.